The van der Waals surface area contributed by atoms with Crippen LogP contribution in [0.15, 0.2) is 51.7 Å². The van der Waals surface area contributed by atoms with E-state index >= 15 is 0 Å². The predicted octanol–water partition coefficient (Wildman–Crippen LogP) is -1.36. The first-order valence-corrected chi connectivity index (χ1v) is 12.7. The number of aliphatic hydroxyl groups is 6. The molecule has 0 amide bonds. The molecule has 3 aromatic rings. The number of aliphatic hydroxyl groups excluding tert-OH is 6. The highest BCUT2D eigenvalue weighted by Gasteiger charge is 2.48. The summed E-state index contributed by atoms with van der Waals surface area (Å²) in [7, 11) is 0. The van der Waals surface area contributed by atoms with Crippen molar-refractivity contribution in [3.05, 3.63) is 52.7 Å². The van der Waals surface area contributed by atoms with Gasteiger partial charge in [0.05, 0.1) is 6.10 Å². The molecule has 2 aliphatic rings. The Labute approximate surface area is 235 Å². The fraction of sp³-hybridized carbons (Fsp3) is 0.407. The zero-order valence-electron chi connectivity index (χ0n) is 21.8. The van der Waals surface area contributed by atoms with Crippen molar-refractivity contribution in [2.75, 3.05) is 0 Å². The molecule has 10 atom stereocenters. The number of carboxylic acids is 1. The largest absolute Gasteiger partial charge is 0.507 e. The van der Waals surface area contributed by atoms with Gasteiger partial charge in [0.25, 0.3) is 0 Å². The normalized spacial score (nSPS) is 33.3. The topological polar surface area (TPSA) is 246 Å². The molecule has 0 radical (unpaired) electrons. The molecule has 2 aliphatic heterocycles. The van der Waals surface area contributed by atoms with Crippen LogP contribution in [0.5, 0.6) is 17.2 Å². The first-order chi connectivity index (χ1) is 19.8. The second-order valence-corrected chi connectivity index (χ2v) is 9.97. The number of fused-ring (bicyclic) bond motifs is 1. The average molecular weight is 593 g/mol. The van der Waals surface area contributed by atoms with Crippen LogP contribution in [0.25, 0.3) is 22.3 Å². The predicted molar refractivity (Wildman–Crippen MR) is 138 cm³/mol. The van der Waals surface area contributed by atoms with Gasteiger partial charge >= 0.3 is 5.97 Å². The lowest BCUT2D eigenvalue weighted by molar-refractivity contribution is -0.271. The summed E-state index contributed by atoms with van der Waals surface area (Å²) in [6.07, 6.45) is -15.7. The number of aromatic hydroxyl groups is 1. The average Bonchev–Trinajstić information content (AvgIpc) is 2.94. The van der Waals surface area contributed by atoms with Gasteiger partial charge in [-0.1, -0.05) is 0 Å². The van der Waals surface area contributed by atoms with Crippen molar-refractivity contribution in [3.63, 3.8) is 0 Å². The SMILES string of the molecule is C[C@@H]1O[C@@H](Oc2ccc(-c3cc(=O)c4c(O)cc(O[C@@H]5O[C@H](C(=O)O)[C@@H](O)[C@H](O)[C@H]5O)cc4o3)cc2)[C@H](O)[C@H](O)[C@H]1O. The van der Waals surface area contributed by atoms with Crippen molar-refractivity contribution in [2.24, 2.45) is 0 Å². The van der Waals surface area contributed by atoms with Crippen LogP contribution in [0.2, 0.25) is 0 Å². The number of hydrogen-bond donors (Lipinski definition) is 8. The molecule has 2 fully saturated rings. The number of phenols is 1. The van der Waals surface area contributed by atoms with Crippen molar-refractivity contribution >= 4 is 16.9 Å². The third-order valence-electron chi connectivity index (χ3n) is 7.05. The summed E-state index contributed by atoms with van der Waals surface area (Å²) in [6.45, 7) is 1.51. The van der Waals surface area contributed by atoms with E-state index in [2.05, 4.69) is 0 Å². The molecule has 8 N–H and O–H groups in total. The maximum atomic E-state index is 12.8. The standard InChI is InChI=1S/C27H28O15/c1-9-18(30)19(31)22(34)26(38-9)39-11-4-2-10(3-5-11)15-8-14(29)17-13(28)6-12(7-16(17)41-15)40-27-23(35)20(32)21(33)24(42-27)25(36)37/h2-9,18-24,26-28,30-35H,1H3,(H,36,37)/t9-,18-,19+,20-,21-,22+,23+,24-,26-,27+/m0/s1. The van der Waals surface area contributed by atoms with Gasteiger partial charge in [0.1, 0.15) is 70.6 Å². The molecular weight excluding hydrogens is 564 g/mol. The zero-order valence-corrected chi connectivity index (χ0v) is 21.8. The van der Waals surface area contributed by atoms with E-state index in [1.165, 1.54) is 37.3 Å². The van der Waals surface area contributed by atoms with Gasteiger partial charge in [-0.25, -0.2) is 4.79 Å². The van der Waals surface area contributed by atoms with Gasteiger partial charge in [0, 0.05) is 23.8 Å². The number of hydrogen-bond acceptors (Lipinski definition) is 14. The van der Waals surface area contributed by atoms with Gasteiger partial charge in [-0.3, -0.25) is 4.79 Å². The summed E-state index contributed by atoms with van der Waals surface area (Å²) in [5.74, 6) is -2.08. The van der Waals surface area contributed by atoms with Crippen LogP contribution in [-0.2, 0) is 14.3 Å². The van der Waals surface area contributed by atoms with Crippen LogP contribution in [0.4, 0.5) is 0 Å². The lowest BCUT2D eigenvalue weighted by Gasteiger charge is -2.38. The van der Waals surface area contributed by atoms with E-state index in [1.807, 2.05) is 0 Å². The smallest absolute Gasteiger partial charge is 0.335 e. The third-order valence-corrected chi connectivity index (χ3v) is 7.05. The number of ether oxygens (including phenoxy) is 4. The van der Waals surface area contributed by atoms with Crippen LogP contribution in [-0.4, -0.2) is 108 Å². The lowest BCUT2D eigenvalue weighted by atomic mass is 9.99. The van der Waals surface area contributed by atoms with Crippen molar-refractivity contribution in [3.8, 4) is 28.6 Å². The maximum absolute atomic E-state index is 12.8. The third kappa shape index (κ3) is 5.51. The van der Waals surface area contributed by atoms with E-state index in [0.717, 1.165) is 12.1 Å². The molecule has 226 valence electrons. The Hall–Kier alpha value is -3.80. The highest BCUT2D eigenvalue weighted by atomic mass is 16.7. The Morgan fingerprint density at radius 1 is 0.762 bits per heavy atom. The first-order valence-electron chi connectivity index (χ1n) is 12.7. The first kappa shape index (κ1) is 29.7. The molecule has 0 aliphatic carbocycles. The molecule has 2 saturated heterocycles. The minimum atomic E-state index is -1.93. The summed E-state index contributed by atoms with van der Waals surface area (Å²) in [5.41, 5.74) is -0.364. The van der Waals surface area contributed by atoms with Crippen molar-refractivity contribution in [1.29, 1.82) is 0 Å². The van der Waals surface area contributed by atoms with Crippen molar-refractivity contribution in [1.82, 2.24) is 0 Å². The van der Waals surface area contributed by atoms with E-state index in [9.17, 15) is 50.4 Å². The molecule has 15 heteroatoms. The fourth-order valence-corrected chi connectivity index (χ4v) is 4.68. The second kappa shape index (κ2) is 11.5. The monoisotopic (exact) mass is 592 g/mol. The van der Waals surface area contributed by atoms with Crippen LogP contribution >= 0.6 is 0 Å². The number of rotatable bonds is 6. The van der Waals surface area contributed by atoms with Crippen LogP contribution in [0.3, 0.4) is 0 Å². The molecule has 0 saturated carbocycles. The van der Waals surface area contributed by atoms with E-state index in [0.29, 0.717) is 5.56 Å². The Balaban J connectivity index is 1.38. The van der Waals surface area contributed by atoms with Gasteiger partial charge in [-0.05, 0) is 31.2 Å². The second-order valence-electron chi connectivity index (χ2n) is 9.97. The zero-order chi connectivity index (χ0) is 30.5. The fourth-order valence-electron chi connectivity index (χ4n) is 4.68. The molecule has 5 rings (SSSR count). The molecule has 1 aromatic heterocycles. The minimum Gasteiger partial charge on any atom is -0.507 e. The number of carbonyl (C=O) groups is 1. The van der Waals surface area contributed by atoms with E-state index in [4.69, 9.17) is 23.4 Å². The van der Waals surface area contributed by atoms with Gasteiger partial charge in [-0.2, -0.15) is 0 Å². The van der Waals surface area contributed by atoms with Crippen LogP contribution < -0.4 is 14.9 Å². The molecular formula is C27H28O15. The Kier molecular flexibility index (Phi) is 8.10. The van der Waals surface area contributed by atoms with E-state index in [-0.39, 0.29) is 28.2 Å². The summed E-state index contributed by atoms with van der Waals surface area (Å²) < 4.78 is 27.4. The quantitative estimate of drug-likeness (QED) is 0.165. The highest BCUT2D eigenvalue weighted by molar-refractivity contribution is 5.86. The molecule has 0 bridgehead atoms. The lowest BCUT2D eigenvalue weighted by Crippen LogP contribution is -2.61. The van der Waals surface area contributed by atoms with Gasteiger partial charge < -0.3 is 64.2 Å². The van der Waals surface area contributed by atoms with Gasteiger partial charge in [-0.15, -0.1) is 0 Å². The maximum Gasteiger partial charge on any atom is 0.335 e. The molecule has 0 spiro atoms. The molecule has 2 aromatic carbocycles. The van der Waals surface area contributed by atoms with Gasteiger partial charge in [0.2, 0.25) is 12.6 Å². The number of phenolic OH excluding ortho intramolecular Hbond substituents is 1. The van der Waals surface area contributed by atoms with Crippen molar-refractivity contribution < 1.29 is 69.0 Å². The minimum absolute atomic E-state index is 0.0650. The highest BCUT2D eigenvalue weighted by Crippen LogP contribution is 2.34. The Morgan fingerprint density at radius 3 is 2.00 bits per heavy atom. The Morgan fingerprint density at radius 2 is 1.36 bits per heavy atom. The molecule has 42 heavy (non-hydrogen) atoms. The van der Waals surface area contributed by atoms with Crippen LogP contribution in [0, 0.1) is 0 Å². The van der Waals surface area contributed by atoms with Crippen LogP contribution in [0.1, 0.15) is 6.92 Å². The molecule has 3 heterocycles. The van der Waals surface area contributed by atoms with E-state index in [1.54, 1.807) is 0 Å². The van der Waals surface area contributed by atoms with E-state index < -0.39 is 78.6 Å². The number of benzene rings is 2. The summed E-state index contributed by atoms with van der Waals surface area (Å²) >= 11 is 0. The molecule has 0 unspecified atom stereocenters. The van der Waals surface area contributed by atoms with Gasteiger partial charge in [0.15, 0.2) is 11.5 Å². The number of carboxylic acid groups (broad SMARTS) is 1. The molecule has 15 nitrogen and oxygen atoms in total. The summed E-state index contributed by atoms with van der Waals surface area (Å²) in [6, 6.07) is 9.33. The summed E-state index contributed by atoms with van der Waals surface area (Å²) in [5, 5.41) is 79.6. The number of aliphatic carboxylic acids is 1. The summed E-state index contributed by atoms with van der Waals surface area (Å²) in [4.78, 5) is 24.2. The van der Waals surface area contributed by atoms with Crippen molar-refractivity contribution in [2.45, 2.75) is 68.3 Å². The Bertz CT molecular complexity index is 1500.